The van der Waals surface area contributed by atoms with Crippen molar-refractivity contribution in [1.82, 2.24) is 0 Å². The van der Waals surface area contributed by atoms with Crippen molar-refractivity contribution < 1.29 is 38.3 Å². The fourth-order valence-corrected chi connectivity index (χ4v) is 3.35. The second-order valence-electron chi connectivity index (χ2n) is 2.69. The summed E-state index contributed by atoms with van der Waals surface area (Å²) in [4.78, 5) is 0. The van der Waals surface area contributed by atoms with E-state index in [1.54, 1.807) is 0 Å². The summed E-state index contributed by atoms with van der Waals surface area (Å²) in [6, 6.07) is 21.4. The second kappa shape index (κ2) is 14.6. The quantitative estimate of drug-likeness (QED) is 0.431. The van der Waals surface area contributed by atoms with E-state index in [4.69, 9.17) is 3.02 Å². The normalized spacial score (nSPS) is 7.33. The monoisotopic (exact) mass is 478 g/mol. The van der Waals surface area contributed by atoms with Crippen molar-refractivity contribution >= 4 is 23.0 Å². The zero-order valence-electron chi connectivity index (χ0n) is 9.23. The van der Waals surface area contributed by atoms with Crippen molar-refractivity contribution in [2.45, 2.75) is 0 Å². The molecule has 18 heavy (non-hydrogen) atoms. The van der Waals surface area contributed by atoms with Gasteiger partial charge in [-0.25, -0.2) is 0 Å². The smallest absolute Gasteiger partial charge is 0.0619 e. The summed E-state index contributed by atoms with van der Waals surface area (Å²) in [5.74, 6) is 0. The SMILES string of the molecule is F.F.F.[O]=[Sb].c1ccc([I+]c2ccccc2)cc1. The summed E-state index contributed by atoms with van der Waals surface area (Å²) in [6.45, 7) is 0. The molecule has 2 rings (SSSR count). The molecule has 0 atom stereocenters. The molecule has 0 unspecified atom stereocenters. The molecule has 2 aromatic carbocycles. The minimum Gasteiger partial charge on any atom is -0.0619 e. The summed E-state index contributed by atoms with van der Waals surface area (Å²) >= 11 is 0.529. The van der Waals surface area contributed by atoms with E-state index in [1.165, 1.54) is 7.14 Å². The van der Waals surface area contributed by atoms with Crippen molar-refractivity contribution in [3.8, 4) is 0 Å². The van der Waals surface area contributed by atoms with E-state index < -0.39 is 0 Å². The Balaban J connectivity index is -0.000000429. The van der Waals surface area contributed by atoms with E-state index >= 15 is 0 Å². The van der Waals surface area contributed by atoms with Crippen LogP contribution in [0.5, 0.6) is 0 Å². The molecule has 0 amide bonds. The van der Waals surface area contributed by atoms with Crippen LogP contribution >= 0.6 is 0 Å². The molecule has 1 radical (unpaired) electrons. The molecule has 0 aliphatic carbocycles. The van der Waals surface area contributed by atoms with E-state index in [1.807, 2.05) is 0 Å². The number of hydrogen-bond acceptors (Lipinski definition) is 1. The second-order valence-corrected chi connectivity index (χ2v) is 5.72. The van der Waals surface area contributed by atoms with E-state index in [0.717, 1.165) is 0 Å². The largest absolute Gasteiger partial charge is 0.357 e. The average molecular weight is 479 g/mol. The van der Waals surface area contributed by atoms with Crippen molar-refractivity contribution in [2.24, 2.45) is 0 Å². The van der Waals surface area contributed by atoms with E-state index in [9.17, 15) is 0 Å². The van der Waals surface area contributed by atoms with E-state index in [-0.39, 0.29) is 35.3 Å². The van der Waals surface area contributed by atoms with Gasteiger partial charge < -0.3 is 0 Å². The molecule has 0 aliphatic rings. The average Bonchev–Trinajstić information content (AvgIpc) is 2.34. The molecule has 0 aliphatic heterocycles. The Kier molecular flexibility index (Phi) is 18.5. The summed E-state index contributed by atoms with van der Waals surface area (Å²) in [6.07, 6.45) is 0. The molecule has 0 N–H and O–H groups in total. The molecule has 6 heteroatoms. The standard InChI is InChI=1S/C12H10I.3FH.O.Sb/c1-3-7-11(8-4-1)13-12-9-5-2-6-10-12;;;;;/h1-10H;3*1H;;/q+1;;;;;. The number of rotatable bonds is 2. The van der Waals surface area contributed by atoms with Crippen molar-refractivity contribution in [3.05, 3.63) is 67.8 Å². The van der Waals surface area contributed by atoms with Crippen LogP contribution in [0.25, 0.3) is 0 Å². The van der Waals surface area contributed by atoms with Gasteiger partial charge in [-0.2, -0.15) is 0 Å². The third-order valence-corrected chi connectivity index (χ3v) is 4.37. The van der Waals surface area contributed by atoms with Gasteiger partial charge in [0.15, 0.2) is 7.14 Å². The summed E-state index contributed by atoms with van der Waals surface area (Å²) in [5.41, 5.74) is 0. The number of benzene rings is 2. The molecule has 0 saturated carbocycles. The Bertz CT molecular complexity index is 352. The predicted molar refractivity (Wildman–Crippen MR) is 64.2 cm³/mol. The molecule has 1 nitrogen and oxygen atoms in total. The number of halogens is 4. The maximum absolute atomic E-state index is 8.30. The topological polar surface area (TPSA) is 17.1 Å². The van der Waals surface area contributed by atoms with Crippen LogP contribution in [0.15, 0.2) is 60.7 Å². The van der Waals surface area contributed by atoms with Crippen LogP contribution in [-0.4, -0.2) is 23.0 Å². The molecular formula is C12H13F3IOSb+. The first-order chi connectivity index (χ1) is 7.45. The van der Waals surface area contributed by atoms with Gasteiger partial charge in [0.25, 0.3) is 0 Å². The van der Waals surface area contributed by atoms with E-state index in [2.05, 4.69) is 60.7 Å². The van der Waals surface area contributed by atoms with Gasteiger partial charge in [0.2, 0.25) is 0 Å². The predicted octanol–water partition coefficient (Wildman–Crippen LogP) is -0.227. The minimum atomic E-state index is 0. The van der Waals surface area contributed by atoms with Crippen LogP contribution in [0.3, 0.4) is 0 Å². The van der Waals surface area contributed by atoms with Gasteiger partial charge in [-0.1, -0.05) is 36.4 Å². The van der Waals surface area contributed by atoms with Gasteiger partial charge in [0, 0.05) is 0 Å². The molecule has 0 bridgehead atoms. The summed E-state index contributed by atoms with van der Waals surface area (Å²) in [7, 11) is 0. The van der Waals surface area contributed by atoms with Crippen LogP contribution in [-0.2, 0) is 3.02 Å². The van der Waals surface area contributed by atoms with Crippen LogP contribution in [0.1, 0.15) is 0 Å². The van der Waals surface area contributed by atoms with Gasteiger partial charge in [-0.15, -0.1) is 0 Å². The Hall–Kier alpha value is -0.422. The van der Waals surface area contributed by atoms with Crippen LogP contribution in [0, 0.1) is 7.14 Å². The van der Waals surface area contributed by atoms with Crippen LogP contribution in [0.4, 0.5) is 14.1 Å². The summed E-state index contributed by atoms with van der Waals surface area (Å²) in [5, 5.41) is 0. The Morgan fingerprint density at radius 1 is 0.611 bits per heavy atom. The molecule has 0 spiro atoms. The zero-order chi connectivity index (χ0) is 10.9. The minimum absolute atomic E-state index is 0. The van der Waals surface area contributed by atoms with Gasteiger partial charge in [-0.05, 0) is 24.3 Å². The Morgan fingerprint density at radius 2 is 0.889 bits per heavy atom. The van der Waals surface area contributed by atoms with Crippen LogP contribution < -0.4 is 21.2 Å². The third-order valence-electron chi connectivity index (χ3n) is 1.68. The molecule has 0 heterocycles. The third kappa shape index (κ3) is 8.64. The number of hydrogen-bond donors (Lipinski definition) is 0. The first-order valence-corrected chi connectivity index (χ1v) is 7.58. The maximum Gasteiger partial charge on any atom is 0.357 e. The Morgan fingerprint density at radius 3 is 1.17 bits per heavy atom. The van der Waals surface area contributed by atoms with Crippen LogP contribution in [0.2, 0.25) is 0 Å². The van der Waals surface area contributed by atoms with Gasteiger partial charge in [-0.3, -0.25) is 14.1 Å². The van der Waals surface area contributed by atoms with Crippen molar-refractivity contribution in [1.29, 1.82) is 0 Å². The van der Waals surface area contributed by atoms with E-state index in [0.29, 0.717) is 23.0 Å². The van der Waals surface area contributed by atoms with Gasteiger partial charge >= 0.3 is 47.2 Å². The summed E-state index contributed by atoms with van der Waals surface area (Å²) < 4.78 is 11.3. The molecule has 0 saturated heterocycles. The van der Waals surface area contributed by atoms with Crippen molar-refractivity contribution in [3.63, 3.8) is 0 Å². The fourth-order valence-electron chi connectivity index (χ4n) is 1.08. The maximum atomic E-state index is 8.30. The first-order valence-electron chi connectivity index (χ1n) is 4.38. The first kappa shape index (κ1) is 22.7. The Labute approximate surface area is 128 Å². The van der Waals surface area contributed by atoms with Gasteiger partial charge in [0.05, 0.1) is 0 Å². The molecule has 0 fully saturated rings. The molecule has 2 aromatic rings. The fraction of sp³-hybridized carbons (Fsp3) is 0. The van der Waals surface area contributed by atoms with Gasteiger partial charge in [0.1, 0.15) is 0 Å². The molecule has 0 aromatic heterocycles. The molecular weight excluding hydrogens is 466 g/mol. The van der Waals surface area contributed by atoms with Crippen molar-refractivity contribution in [2.75, 3.05) is 0 Å². The molecule has 99 valence electrons. The zero-order valence-corrected chi connectivity index (χ0v) is 13.9.